The highest BCUT2D eigenvalue weighted by Crippen LogP contribution is 2.21. The molecule has 0 aliphatic carbocycles. The number of ether oxygens (including phenoxy) is 1. The number of hydrogen-bond acceptors (Lipinski definition) is 5. The number of benzene rings is 2. The van der Waals surface area contributed by atoms with E-state index in [0.29, 0.717) is 5.56 Å². The summed E-state index contributed by atoms with van der Waals surface area (Å²) in [6.07, 6.45) is 1.54. The van der Waals surface area contributed by atoms with Crippen LogP contribution >= 0.6 is 0 Å². The Morgan fingerprint density at radius 1 is 1.13 bits per heavy atom. The van der Waals surface area contributed by atoms with Crippen molar-refractivity contribution >= 4 is 23.6 Å². The molecule has 2 aromatic carbocycles. The van der Waals surface area contributed by atoms with E-state index in [2.05, 4.69) is 4.99 Å². The number of aryl methyl sites for hydroxylation is 1. The van der Waals surface area contributed by atoms with Crippen molar-refractivity contribution < 1.29 is 14.5 Å². The van der Waals surface area contributed by atoms with Crippen molar-refractivity contribution in [3.05, 3.63) is 81.0 Å². The summed E-state index contributed by atoms with van der Waals surface area (Å²) >= 11 is 0. The molecule has 0 aromatic heterocycles. The van der Waals surface area contributed by atoms with E-state index in [-0.39, 0.29) is 17.3 Å². The minimum absolute atomic E-state index is 0.00903. The van der Waals surface area contributed by atoms with Gasteiger partial charge in [-0.3, -0.25) is 10.1 Å². The van der Waals surface area contributed by atoms with E-state index in [1.54, 1.807) is 12.1 Å². The highest BCUT2D eigenvalue weighted by atomic mass is 16.6. The molecule has 0 N–H and O–H groups in total. The Morgan fingerprint density at radius 2 is 1.83 bits per heavy atom. The Balaban J connectivity index is 1.92. The molecule has 2 aromatic rings. The monoisotopic (exact) mass is 308 g/mol. The minimum Gasteiger partial charge on any atom is -0.402 e. The van der Waals surface area contributed by atoms with Crippen LogP contribution in [0.2, 0.25) is 0 Å². The number of nitro groups is 1. The number of nitro benzene ring substituents is 1. The summed E-state index contributed by atoms with van der Waals surface area (Å²) in [7, 11) is 0. The van der Waals surface area contributed by atoms with Gasteiger partial charge >= 0.3 is 5.97 Å². The molecule has 1 aliphatic rings. The van der Waals surface area contributed by atoms with E-state index in [0.717, 1.165) is 11.1 Å². The van der Waals surface area contributed by atoms with Crippen LogP contribution in [0, 0.1) is 17.0 Å². The van der Waals surface area contributed by atoms with Crippen molar-refractivity contribution in [1.82, 2.24) is 0 Å². The predicted octanol–water partition coefficient (Wildman–Crippen LogP) is 3.25. The van der Waals surface area contributed by atoms with Crippen LogP contribution in [0.25, 0.3) is 6.08 Å². The van der Waals surface area contributed by atoms with Crippen LogP contribution in [-0.4, -0.2) is 16.8 Å². The van der Waals surface area contributed by atoms with Gasteiger partial charge in [0.05, 0.1) is 4.92 Å². The van der Waals surface area contributed by atoms with Crippen molar-refractivity contribution in [2.24, 2.45) is 4.99 Å². The van der Waals surface area contributed by atoms with E-state index in [1.165, 1.54) is 18.2 Å². The summed E-state index contributed by atoms with van der Waals surface area (Å²) in [4.78, 5) is 26.3. The smallest absolute Gasteiger partial charge is 0.363 e. The molecule has 0 saturated carbocycles. The Bertz CT molecular complexity index is 851. The van der Waals surface area contributed by atoms with Gasteiger partial charge in [-0.25, -0.2) is 9.79 Å². The van der Waals surface area contributed by atoms with Crippen LogP contribution < -0.4 is 0 Å². The minimum atomic E-state index is -0.540. The molecule has 1 aliphatic heterocycles. The summed E-state index contributed by atoms with van der Waals surface area (Å²) in [5.41, 5.74) is 2.50. The maximum absolute atomic E-state index is 11.9. The Hall–Kier alpha value is -3.28. The number of nitrogens with zero attached hydrogens (tertiary/aromatic N) is 2. The van der Waals surface area contributed by atoms with E-state index in [9.17, 15) is 14.9 Å². The van der Waals surface area contributed by atoms with Crippen LogP contribution in [0.5, 0.6) is 0 Å². The molecule has 23 heavy (non-hydrogen) atoms. The van der Waals surface area contributed by atoms with Crippen molar-refractivity contribution in [2.75, 3.05) is 0 Å². The second-order valence-electron chi connectivity index (χ2n) is 5.00. The first-order valence-corrected chi connectivity index (χ1v) is 6.87. The lowest BCUT2D eigenvalue weighted by Gasteiger charge is -2.02. The normalized spacial score (nSPS) is 15.4. The second-order valence-corrected chi connectivity index (χ2v) is 5.00. The zero-order valence-electron chi connectivity index (χ0n) is 12.2. The molecule has 6 nitrogen and oxygen atoms in total. The maximum atomic E-state index is 11.9. The van der Waals surface area contributed by atoms with Crippen LogP contribution in [0.3, 0.4) is 0 Å². The van der Waals surface area contributed by atoms with E-state index >= 15 is 0 Å². The number of esters is 1. The second kappa shape index (κ2) is 5.84. The van der Waals surface area contributed by atoms with Gasteiger partial charge in [0.1, 0.15) is 0 Å². The molecule has 0 spiro atoms. The van der Waals surface area contributed by atoms with E-state index < -0.39 is 10.9 Å². The SMILES string of the molecule is Cc1ccccc1C1=NC(=Cc2ccc([N+](=O)[O-])cc2)C(=O)O1. The average Bonchev–Trinajstić information content (AvgIpc) is 2.89. The lowest BCUT2D eigenvalue weighted by molar-refractivity contribution is -0.384. The molecule has 0 atom stereocenters. The summed E-state index contributed by atoms with van der Waals surface area (Å²) in [5, 5.41) is 10.6. The Kier molecular flexibility index (Phi) is 3.72. The lowest BCUT2D eigenvalue weighted by atomic mass is 10.1. The number of carbonyl (C=O) groups is 1. The third-order valence-electron chi connectivity index (χ3n) is 3.40. The van der Waals surface area contributed by atoms with Crippen LogP contribution in [-0.2, 0) is 9.53 Å². The number of rotatable bonds is 3. The molecule has 0 bridgehead atoms. The first kappa shape index (κ1) is 14.6. The fourth-order valence-electron chi connectivity index (χ4n) is 2.19. The molecule has 0 amide bonds. The Morgan fingerprint density at radius 3 is 2.48 bits per heavy atom. The summed E-state index contributed by atoms with van der Waals surface area (Å²) in [6, 6.07) is 13.3. The van der Waals surface area contributed by atoms with Crippen molar-refractivity contribution in [2.45, 2.75) is 6.92 Å². The van der Waals surface area contributed by atoms with Gasteiger partial charge in [-0.2, -0.15) is 0 Å². The van der Waals surface area contributed by atoms with Gasteiger partial charge in [0.15, 0.2) is 5.70 Å². The average molecular weight is 308 g/mol. The summed E-state index contributed by atoms with van der Waals surface area (Å²) < 4.78 is 5.21. The molecule has 1 heterocycles. The lowest BCUT2D eigenvalue weighted by Crippen LogP contribution is -2.06. The van der Waals surface area contributed by atoms with Gasteiger partial charge in [0, 0.05) is 17.7 Å². The largest absolute Gasteiger partial charge is 0.402 e. The van der Waals surface area contributed by atoms with E-state index in [1.807, 2.05) is 31.2 Å². The Labute approximate surface area is 131 Å². The molecule has 0 radical (unpaired) electrons. The third kappa shape index (κ3) is 3.01. The molecule has 0 unspecified atom stereocenters. The highest BCUT2D eigenvalue weighted by molar-refractivity contribution is 6.13. The molecule has 0 fully saturated rings. The zero-order valence-corrected chi connectivity index (χ0v) is 12.2. The van der Waals surface area contributed by atoms with Crippen molar-refractivity contribution in [3.8, 4) is 0 Å². The number of carbonyl (C=O) groups excluding carboxylic acids is 1. The number of aliphatic imine (C=N–C) groups is 1. The van der Waals surface area contributed by atoms with Gasteiger partial charge in [-0.15, -0.1) is 0 Å². The quantitative estimate of drug-likeness (QED) is 0.377. The summed E-state index contributed by atoms with van der Waals surface area (Å²) in [6.45, 7) is 1.91. The van der Waals surface area contributed by atoms with Crippen LogP contribution in [0.4, 0.5) is 5.69 Å². The third-order valence-corrected chi connectivity index (χ3v) is 3.40. The standard InChI is InChI=1S/C17H12N2O4/c1-11-4-2-3-5-14(11)16-18-15(17(20)23-16)10-12-6-8-13(9-7-12)19(21)22/h2-10H,1H3. The topological polar surface area (TPSA) is 81.8 Å². The predicted molar refractivity (Wildman–Crippen MR) is 84.9 cm³/mol. The molecule has 6 heteroatoms. The first-order chi connectivity index (χ1) is 11.0. The number of hydrogen-bond donors (Lipinski definition) is 0. The van der Waals surface area contributed by atoms with Crippen molar-refractivity contribution in [1.29, 1.82) is 0 Å². The number of cyclic esters (lactones) is 1. The fraction of sp³-hybridized carbons (Fsp3) is 0.0588. The van der Waals surface area contributed by atoms with Gasteiger partial charge in [-0.1, -0.05) is 18.2 Å². The molecular weight excluding hydrogens is 296 g/mol. The summed E-state index contributed by atoms with van der Waals surface area (Å²) in [5.74, 6) is -0.275. The first-order valence-electron chi connectivity index (χ1n) is 6.87. The van der Waals surface area contributed by atoms with Gasteiger partial charge in [-0.05, 0) is 42.3 Å². The van der Waals surface area contributed by atoms with Gasteiger partial charge in [0.2, 0.25) is 5.90 Å². The highest BCUT2D eigenvalue weighted by Gasteiger charge is 2.24. The van der Waals surface area contributed by atoms with Gasteiger partial charge in [0.25, 0.3) is 5.69 Å². The van der Waals surface area contributed by atoms with Gasteiger partial charge < -0.3 is 4.74 Å². The van der Waals surface area contributed by atoms with Crippen LogP contribution in [0.1, 0.15) is 16.7 Å². The van der Waals surface area contributed by atoms with E-state index in [4.69, 9.17) is 4.74 Å². The van der Waals surface area contributed by atoms with Crippen LogP contribution in [0.15, 0.2) is 59.2 Å². The molecule has 3 rings (SSSR count). The fourth-order valence-corrected chi connectivity index (χ4v) is 2.19. The molecular formula is C17H12N2O4. The van der Waals surface area contributed by atoms with Crippen molar-refractivity contribution in [3.63, 3.8) is 0 Å². The molecule has 0 saturated heterocycles. The zero-order chi connectivity index (χ0) is 16.4. The molecule has 114 valence electrons. The maximum Gasteiger partial charge on any atom is 0.363 e. The number of non-ortho nitro benzene ring substituents is 1.